The summed E-state index contributed by atoms with van der Waals surface area (Å²) in [6, 6.07) is -0.00170. The number of piperidine rings is 1. The lowest BCUT2D eigenvalue weighted by Crippen LogP contribution is -2.51. The predicted molar refractivity (Wildman–Crippen MR) is 74.8 cm³/mol. The van der Waals surface area contributed by atoms with Gasteiger partial charge in [-0.25, -0.2) is 8.42 Å². The molecule has 2 atom stereocenters. The molecule has 0 radical (unpaired) electrons. The van der Waals surface area contributed by atoms with Crippen molar-refractivity contribution in [2.75, 3.05) is 24.6 Å². The van der Waals surface area contributed by atoms with Gasteiger partial charge < -0.3 is 10.2 Å². The topological polar surface area (TPSA) is 83.6 Å². The van der Waals surface area contributed by atoms with Crippen molar-refractivity contribution in [3.63, 3.8) is 0 Å². The van der Waals surface area contributed by atoms with Crippen molar-refractivity contribution < 1.29 is 18.0 Å². The molecule has 0 unspecified atom stereocenters. The van der Waals surface area contributed by atoms with Crippen molar-refractivity contribution in [1.82, 2.24) is 10.2 Å². The Labute approximate surface area is 119 Å². The van der Waals surface area contributed by atoms with E-state index in [-0.39, 0.29) is 35.3 Å². The van der Waals surface area contributed by atoms with Crippen molar-refractivity contribution in [2.24, 2.45) is 5.92 Å². The van der Waals surface area contributed by atoms with E-state index in [9.17, 15) is 18.0 Å². The first-order valence-corrected chi connectivity index (χ1v) is 9.02. The summed E-state index contributed by atoms with van der Waals surface area (Å²) in [5.41, 5.74) is 0. The number of carbonyl (C=O) groups is 2. The van der Waals surface area contributed by atoms with Gasteiger partial charge in [-0.05, 0) is 19.3 Å². The van der Waals surface area contributed by atoms with Crippen molar-refractivity contribution >= 4 is 21.7 Å². The Balaban J connectivity index is 1.92. The van der Waals surface area contributed by atoms with Crippen LogP contribution in [0.4, 0.5) is 0 Å². The van der Waals surface area contributed by atoms with E-state index in [0.29, 0.717) is 25.9 Å². The highest BCUT2D eigenvalue weighted by atomic mass is 32.2. The summed E-state index contributed by atoms with van der Waals surface area (Å²) in [5, 5.41) is 2.91. The quantitative estimate of drug-likeness (QED) is 0.791. The lowest BCUT2D eigenvalue weighted by Gasteiger charge is -2.34. The smallest absolute Gasteiger partial charge is 0.226 e. The number of hydrogen-bond acceptors (Lipinski definition) is 4. The summed E-state index contributed by atoms with van der Waals surface area (Å²) in [6.07, 6.45) is 2.59. The van der Waals surface area contributed by atoms with E-state index in [2.05, 4.69) is 5.32 Å². The summed E-state index contributed by atoms with van der Waals surface area (Å²) < 4.78 is 22.9. The van der Waals surface area contributed by atoms with Gasteiger partial charge in [-0.2, -0.15) is 0 Å². The first kappa shape index (κ1) is 15.3. The van der Waals surface area contributed by atoms with Gasteiger partial charge in [0.15, 0.2) is 9.84 Å². The van der Waals surface area contributed by atoms with Crippen LogP contribution in [0, 0.1) is 5.92 Å². The molecule has 20 heavy (non-hydrogen) atoms. The maximum Gasteiger partial charge on any atom is 0.226 e. The van der Waals surface area contributed by atoms with Crippen LogP contribution in [0.5, 0.6) is 0 Å². The van der Waals surface area contributed by atoms with Crippen LogP contribution >= 0.6 is 0 Å². The van der Waals surface area contributed by atoms with Crippen LogP contribution in [0.25, 0.3) is 0 Å². The molecule has 0 aliphatic carbocycles. The van der Waals surface area contributed by atoms with E-state index in [1.807, 2.05) is 0 Å². The molecule has 0 spiro atoms. The Hall–Kier alpha value is -1.11. The van der Waals surface area contributed by atoms with Gasteiger partial charge >= 0.3 is 0 Å². The van der Waals surface area contributed by atoms with Gasteiger partial charge in [0.1, 0.15) is 0 Å². The van der Waals surface area contributed by atoms with Crippen molar-refractivity contribution in [1.29, 1.82) is 0 Å². The maximum absolute atomic E-state index is 12.3. The normalized spacial score (nSPS) is 29.1. The van der Waals surface area contributed by atoms with E-state index in [4.69, 9.17) is 0 Å². The molecule has 2 aliphatic heterocycles. The van der Waals surface area contributed by atoms with Gasteiger partial charge in [0, 0.05) is 25.6 Å². The molecule has 114 valence electrons. The largest absolute Gasteiger partial charge is 0.352 e. The molecule has 2 saturated heterocycles. The number of rotatable bonds is 3. The van der Waals surface area contributed by atoms with Gasteiger partial charge in [-0.3, -0.25) is 9.59 Å². The highest BCUT2D eigenvalue weighted by Crippen LogP contribution is 2.22. The van der Waals surface area contributed by atoms with E-state index >= 15 is 0 Å². The highest BCUT2D eigenvalue weighted by molar-refractivity contribution is 7.91. The lowest BCUT2D eigenvalue weighted by atomic mass is 10.0. The first-order valence-electron chi connectivity index (χ1n) is 7.20. The van der Waals surface area contributed by atoms with Crippen LogP contribution < -0.4 is 5.32 Å². The molecule has 0 aromatic heterocycles. The van der Waals surface area contributed by atoms with E-state index < -0.39 is 9.84 Å². The number of sulfone groups is 1. The number of nitrogens with one attached hydrogen (secondary N) is 1. The van der Waals surface area contributed by atoms with Gasteiger partial charge in [0.2, 0.25) is 11.8 Å². The van der Waals surface area contributed by atoms with E-state index in [1.165, 1.54) is 0 Å². The van der Waals surface area contributed by atoms with Crippen molar-refractivity contribution in [3.8, 4) is 0 Å². The number of likely N-dealkylation sites (tertiary alicyclic amines) is 1. The highest BCUT2D eigenvalue weighted by Gasteiger charge is 2.36. The summed E-state index contributed by atoms with van der Waals surface area (Å²) in [7, 11) is -3.03. The zero-order valence-electron chi connectivity index (χ0n) is 11.8. The minimum absolute atomic E-state index is 0.00170. The predicted octanol–water partition coefficient (Wildman–Crippen LogP) is -0.0617. The van der Waals surface area contributed by atoms with Crippen LogP contribution in [0.15, 0.2) is 0 Å². The fraction of sp³-hybridized carbons (Fsp3) is 0.846. The van der Waals surface area contributed by atoms with Crippen LogP contribution in [0.2, 0.25) is 0 Å². The third-order valence-corrected chi connectivity index (χ3v) is 5.77. The lowest BCUT2D eigenvalue weighted by molar-refractivity contribution is -0.136. The molecule has 6 nitrogen and oxygen atoms in total. The van der Waals surface area contributed by atoms with Crippen molar-refractivity contribution in [3.05, 3.63) is 0 Å². The Kier molecular flexibility index (Phi) is 4.67. The number of carbonyl (C=O) groups excluding carboxylic acids is 2. The van der Waals surface area contributed by atoms with Gasteiger partial charge in [-0.1, -0.05) is 6.92 Å². The van der Waals surface area contributed by atoms with Gasteiger partial charge in [0.25, 0.3) is 0 Å². The maximum atomic E-state index is 12.3. The average molecular weight is 302 g/mol. The second-order valence-electron chi connectivity index (χ2n) is 5.64. The standard InChI is InChI=1S/C13H22N2O4S/c1-2-12(16)14-11-4-3-6-15(8-11)13(17)10-5-7-20(18,19)9-10/h10-11H,2-9H2,1H3,(H,14,16)/t10-,11-/m1/s1. The average Bonchev–Trinajstić information content (AvgIpc) is 2.78. The van der Waals surface area contributed by atoms with Gasteiger partial charge in [0.05, 0.1) is 17.4 Å². The Bertz CT molecular complexity index is 489. The molecule has 0 aromatic carbocycles. The summed E-state index contributed by atoms with van der Waals surface area (Å²) in [6.45, 7) is 2.96. The SMILES string of the molecule is CCC(=O)N[C@@H]1CCCN(C(=O)[C@@H]2CCS(=O)(=O)C2)C1. The summed E-state index contributed by atoms with van der Waals surface area (Å²) >= 11 is 0. The molecule has 0 bridgehead atoms. The minimum atomic E-state index is -3.03. The molecular weight excluding hydrogens is 280 g/mol. The second kappa shape index (κ2) is 6.11. The molecule has 0 aromatic rings. The minimum Gasteiger partial charge on any atom is -0.352 e. The van der Waals surface area contributed by atoms with Crippen LogP contribution in [-0.4, -0.2) is 55.8 Å². The number of hydrogen-bond donors (Lipinski definition) is 1. The first-order chi connectivity index (χ1) is 9.41. The molecular formula is C13H22N2O4S. The Morgan fingerprint density at radius 1 is 1.30 bits per heavy atom. The van der Waals surface area contributed by atoms with E-state index in [0.717, 1.165) is 12.8 Å². The summed E-state index contributed by atoms with van der Waals surface area (Å²) in [5.74, 6) is -0.364. The monoisotopic (exact) mass is 302 g/mol. The molecule has 2 heterocycles. The third-order valence-electron chi connectivity index (χ3n) is 4.00. The number of amides is 2. The van der Waals surface area contributed by atoms with Gasteiger partial charge in [-0.15, -0.1) is 0 Å². The number of nitrogens with zero attached hydrogens (tertiary/aromatic N) is 1. The molecule has 0 saturated carbocycles. The Morgan fingerprint density at radius 3 is 2.65 bits per heavy atom. The third kappa shape index (κ3) is 3.71. The van der Waals surface area contributed by atoms with Crippen LogP contribution in [0.1, 0.15) is 32.6 Å². The molecule has 1 N–H and O–H groups in total. The zero-order chi connectivity index (χ0) is 14.8. The molecule has 2 aliphatic rings. The molecule has 2 amide bonds. The fourth-order valence-electron chi connectivity index (χ4n) is 2.87. The zero-order valence-corrected chi connectivity index (χ0v) is 12.6. The fourth-order valence-corrected chi connectivity index (χ4v) is 4.61. The molecule has 7 heteroatoms. The van der Waals surface area contributed by atoms with Crippen LogP contribution in [-0.2, 0) is 19.4 Å². The molecule has 2 rings (SSSR count). The summed E-state index contributed by atoms with van der Waals surface area (Å²) in [4.78, 5) is 25.5. The Morgan fingerprint density at radius 2 is 2.05 bits per heavy atom. The van der Waals surface area contributed by atoms with E-state index in [1.54, 1.807) is 11.8 Å². The second-order valence-corrected chi connectivity index (χ2v) is 7.87. The van der Waals surface area contributed by atoms with Crippen LogP contribution in [0.3, 0.4) is 0 Å². The molecule has 2 fully saturated rings. The van der Waals surface area contributed by atoms with Crippen molar-refractivity contribution in [2.45, 2.75) is 38.6 Å².